The van der Waals surface area contributed by atoms with Crippen molar-refractivity contribution < 1.29 is 0 Å². The molecule has 3 aliphatic heterocycles. The average molecular weight is 952 g/mol. The molecule has 10 aromatic carbocycles. The van der Waals surface area contributed by atoms with Crippen molar-refractivity contribution in [1.29, 1.82) is 0 Å². The Hall–Kier alpha value is -8.34. The molecule has 2 unspecified atom stereocenters. The molecule has 0 saturated heterocycles. The van der Waals surface area contributed by atoms with Crippen LogP contribution in [0.4, 0.5) is 45.5 Å². The van der Waals surface area contributed by atoms with Gasteiger partial charge in [0.05, 0.1) is 5.54 Å². The predicted molar refractivity (Wildman–Crippen MR) is 314 cm³/mol. The number of fused-ring (bicyclic) bond motifs is 7. The normalized spacial score (nSPS) is 18.4. The van der Waals surface area contributed by atoms with Crippen LogP contribution in [0.15, 0.2) is 243 Å². The second-order valence-corrected chi connectivity index (χ2v) is 21.5. The molecule has 0 amide bonds. The fourth-order valence-corrected chi connectivity index (χ4v) is 13.6. The summed E-state index contributed by atoms with van der Waals surface area (Å²) in [6.45, 7) is 5.11. The third kappa shape index (κ3) is 7.02. The van der Waals surface area contributed by atoms with E-state index in [2.05, 4.69) is 271 Å². The first kappa shape index (κ1) is 44.4. The number of para-hydroxylation sites is 1. The van der Waals surface area contributed by atoms with E-state index >= 15 is 0 Å². The van der Waals surface area contributed by atoms with E-state index < -0.39 is 0 Å². The Bertz CT molecular complexity index is 3730. The molecular formula is C70H58BN3. The molecule has 356 valence electrons. The molecule has 4 heteroatoms. The predicted octanol–water partition coefficient (Wildman–Crippen LogP) is 17.0. The molecule has 10 aromatic rings. The van der Waals surface area contributed by atoms with Crippen LogP contribution in [0.2, 0.25) is 0 Å². The molecule has 3 nitrogen and oxygen atoms in total. The van der Waals surface area contributed by atoms with Crippen molar-refractivity contribution in [3.8, 4) is 44.5 Å². The number of rotatable bonds is 7. The summed E-state index contributed by atoms with van der Waals surface area (Å²) < 4.78 is 0. The Morgan fingerprint density at radius 2 is 0.824 bits per heavy atom. The zero-order valence-electron chi connectivity index (χ0n) is 42.3. The summed E-state index contributed by atoms with van der Waals surface area (Å²) in [7, 11) is 0. The van der Waals surface area contributed by atoms with Gasteiger partial charge in [-0.3, -0.25) is 0 Å². The van der Waals surface area contributed by atoms with Gasteiger partial charge in [0.25, 0.3) is 6.71 Å². The van der Waals surface area contributed by atoms with Gasteiger partial charge in [-0.05, 0) is 141 Å². The highest BCUT2D eigenvalue weighted by Crippen LogP contribution is 2.61. The molecule has 14 rings (SSSR count). The van der Waals surface area contributed by atoms with Crippen LogP contribution in [0, 0.1) is 0 Å². The Kier molecular flexibility index (Phi) is 10.6. The van der Waals surface area contributed by atoms with Crippen molar-refractivity contribution in [2.45, 2.75) is 63.3 Å². The maximum atomic E-state index is 2.80. The number of hydrogen-bond donors (Lipinski definition) is 0. The fourth-order valence-electron chi connectivity index (χ4n) is 13.6. The first-order chi connectivity index (χ1) is 36.4. The summed E-state index contributed by atoms with van der Waals surface area (Å²) in [4.78, 5) is 8.03. The first-order valence-electron chi connectivity index (χ1n) is 26.8. The topological polar surface area (TPSA) is 9.72 Å². The van der Waals surface area contributed by atoms with E-state index in [1.165, 1.54) is 133 Å². The van der Waals surface area contributed by atoms with Crippen molar-refractivity contribution in [3.05, 3.63) is 248 Å². The van der Waals surface area contributed by atoms with Gasteiger partial charge in [-0.15, -0.1) is 0 Å². The summed E-state index contributed by atoms with van der Waals surface area (Å²) in [5.74, 6) is 0. The number of hydrogen-bond acceptors (Lipinski definition) is 3. The van der Waals surface area contributed by atoms with Gasteiger partial charge in [0.15, 0.2) is 0 Å². The van der Waals surface area contributed by atoms with Gasteiger partial charge in [-0.25, -0.2) is 0 Å². The number of benzene rings is 10. The maximum Gasteiger partial charge on any atom is 0.252 e. The van der Waals surface area contributed by atoms with Crippen LogP contribution in [0.3, 0.4) is 0 Å². The molecule has 4 aliphatic rings. The number of anilines is 8. The van der Waals surface area contributed by atoms with Crippen molar-refractivity contribution in [2.24, 2.45) is 0 Å². The molecule has 0 aromatic heterocycles. The maximum absolute atomic E-state index is 2.80. The lowest BCUT2D eigenvalue weighted by Crippen LogP contribution is -2.61. The van der Waals surface area contributed by atoms with E-state index in [0.29, 0.717) is 0 Å². The molecule has 0 spiro atoms. The Morgan fingerprint density at radius 1 is 0.324 bits per heavy atom. The van der Waals surface area contributed by atoms with Crippen molar-refractivity contribution in [3.63, 3.8) is 0 Å². The third-order valence-corrected chi connectivity index (χ3v) is 17.5. The number of nitrogens with zero attached hydrogens (tertiary/aromatic N) is 3. The minimum atomic E-state index is -0.165. The first-order valence-corrected chi connectivity index (χ1v) is 26.8. The van der Waals surface area contributed by atoms with Crippen LogP contribution in [0.1, 0.15) is 57.9 Å². The van der Waals surface area contributed by atoms with Gasteiger partial charge in [0.1, 0.15) is 0 Å². The average Bonchev–Trinajstić information content (AvgIpc) is 3.67. The zero-order valence-corrected chi connectivity index (χ0v) is 42.3. The lowest BCUT2D eigenvalue weighted by Gasteiger charge is -2.50. The fraction of sp³-hybridized carbons (Fsp3) is 0.143. The van der Waals surface area contributed by atoms with Crippen molar-refractivity contribution >= 4 is 68.6 Å². The van der Waals surface area contributed by atoms with Gasteiger partial charge < -0.3 is 14.7 Å². The van der Waals surface area contributed by atoms with Crippen molar-refractivity contribution in [2.75, 3.05) is 14.7 Å². The van der Waals surface area contributed by atoms with Crippen molar-refractivity contribution in [1.82, 2.24) is 0 Å². The van der Waals surface area contributed by atoms with Gasteiger partial charge in [-0.1, -0.05) is 221 Å². The Labute approximate surface area is 437 Å². The van der Waals surface area contributed by atoms with E-state index in [0.717, 1.165) is 17.8 Å². The third-order valence-electron chi connectivity index (χ3n) is 17.5. The second-order valence-electron chi connectivity index (χ2n) is 21.5. The molecule has 74 heavy (non-hydrogen) atoms. The minimum absolute atomic E-state index is 0.0338. The van der Waals surface area contributed by atoms with Gasteiger partial charge in [0, 0.05) is 50.9 Å². The Morgan fingerprint density at radius 3 is 1.47 bits per heavy atom. The van der Waals surface area contributed by atoms with Crippen LogP contribution >= 0.6 is 0 Å². The molecule has 0 bridgehead atoms. The molecule has 3 heterocycles. The van der Waals surface area contributed by atoms with E-state index in [1.807, 2.05) is 0 Å². The standard InChI is InChI=1S/C70H58BN3/c1-69-42-19-3-4-20-43-70(69,2)74(63-33-18-17-32-60(63)69)59-47-66-68-67(48-59)73(58-31-21-30-54(44-58)50-24-11-6-12-25-50)65-46-56(52-28-15-8-16-29-52)36-40-61(65)71(68)62-45-55(51-26-13-7-14-27-51)37-41-64(62)72(66)57-38-34-53(35-39-57)49-22-9-5-10-23-49/h5-18,21-41,44-48H,3-4,19-20,42-43H2,1-2H3. The second kappa shape index (κ2) is 17.7. The lowest BCUT2D eigenvalue weighted by molar-refractivity contribution is 0.218. The monoisotopic (exact) mass is 951 g/mol. The zero-order chi connectivity index (χ0) is 49.4. The largest absolute Gasteiger partial charge is 0.334 e. The van der Waals surface area contributed by atoms with Crippen LogP contribution < -0.4 is 31.1 Å². The summed E-state index contributed by atoms with van der Waals surface area (Å²) in [6.07, 6.45) is 7.31. The van der Waals surface area contributed by atoms with Gasteiger partial charge in [0.2, 0.25) is 0 Å². The van der Waals surface area contributed by atoms with Crippen LogP contribution in [0.5, 0.6) is 0 Å². The summed E-state index contributed by atoms with van der Waals surface area (Å²) in [5.41, 5.74) is 24.6. The van der Waals surface area contributed by atoms with Gasteiger partial charge in [-0.2, -0.15) is 0 Å². The molecule has 0 radical (unpaired) electrons. The Balaban J connectivity index is 1.09. The van der Waals surface area contributed by atoms with E-state index in [9.17, 15) is 0 Å². The van der Waals surface area contributed by atoms with Gasteiger partial charge >= 0.3 is 0 Å². The highest BCUT2D eigenvalue weighted by molar-refractivity contribution is 7.00. The molecule has 2 atom stereocenters. The highest BCUT2D eigenvalue weighted by atomic mass is 15.3. The minimum Gasteiger partial charge on any atom is -0.334 e. The van der Waals surface area contributed by atoms with E-state index in [1.54, 1.807) is 0 Å². The van der Waals surface area contributed by atoms with Crippen LogP contribution in [-0.4, -0.2) is 12.3 Å². The van der Waals surface area contributed by atoms with Crippen LogP contribution in [-0.2, 0) is 5.41 Å². The highest BCUT2D eigenvalue weighted by Gasteiger charge is 2.57. The molecule has 1 aliphatic carbocycles. The summed E-state index contributed by atoms with van der Waals surface area (Å²) in [6, 6.07) is 91.1. The smallest absolute Gasteiger partial charge is 0.252 e. The van der Waals surface area contributed by atoms with Crippen LogP contribution in [0.25, 0.3) is 44.5 Å². The molecule has 1 saturated carbocycles. The van der Waals surface area contributed by atoms with E-state index in [-0.39, 0.29) is 17.7 Å². The molecule has 0 N–H and O–H groups in total. The van der Waals surface area contributed by atoms with E-state index in [4.69, 9.17) is 0 Å². The molecular weight excluding hydrogens is 894 g/mol. The summed E-state index contributed by atoms with van der Waals surface area (Å²) in [5, 5.41) is 0. The lowest BCUT2D eigenvalue weighted by atomic mass is 9.33. The SMILES string of the molecule is CC12CCCCCCC1(C)N(c1cc3c4c(c1)N(c1cccc(-c5ccccc5)c1)c1cc(-c5ccccc5)ccc1B4c1cc(-c4ccccc4)ccc1N3c1ccc(-c3ccccc3)cc1)c1ccccc12. The summed E-state index contributed by atoms with van der Waals surface area (Å²) >= 11 is 0. The molecule has 1 fully saturated rings. The quantitative estimate of drug-likeness (QED) is 0.147.